The Bertz CT molecular complexity index is 421. The predicted octanol–water partition coefficient (Wildman–Crippen LogP) is 1.74. The van der Waals surface area contributed by atoms with Gasteiger partial charge in [-0.05, 0) is 18.8 Å². The standard InChI is InChI=1S/C12H19N3O/c1-8(2)12-13-10(6-11(16)14-12)15(3)7-9-4-5-9/h6,8-9H,4-5,7H2,1-3H3,(H,13,14,16). The lowest BCUT2D eigenvalue weighted by Crippen LogP contribution is -2.24. The van der Waals surface area contributed by atoms with E-state index in [1.165, 1.54) is 12.8 Å². The molecule has 1 aromatic heterocycles. The number of nitrogens with one attached hydrogen (secondary N) is 1. The van der Waals surface area contributed by atoms with Crippen molar-refractivity contribution in [1.29, 1.82) is 0 Å². The summed E-state index contributed by atoms with van der Waals surface area (Å²) in [4.78, 5) is 20.8. The van der Waals surface area contributed by atoms with E-state index in [9.17, 15) is 4.79 Å². The Morgan fingerprint density at radius 1 is 1.56 bits per heavy atom. The molecule has 0 unspecified atom stereocenters. The number of H-pyrrole nitrogens is 1. The van der Waals surface area contributed by atoms with Gasteiger partial charge in [-0.15, -0.1) is 0 Å². The third kappa shape index (κ3) is 2.62. The molecular formula is C12H19N3O. The predicted molar refractivity (Wildman–Crippen MR) is 64.9 cm³/mol. The van der Waals surface area contributed by atoms with E-state index >= 15 is 0 Å². The van der Waals surface area contributed by atoms with Crippen LogP contribution in [0.2, 0.25) is 0 Å². The SMILES string of the molecule is CC(C)c1nc(N(C)CC2CC2)cc(=O)[nH]1. The molecule has 0 atom stereocenters. The van der Waals surface area contributed by atoms with Crippen molar-refractivity contribution < 1.29 is 0 Å². The average Bonchev–Trinajstić information content (AvgIpc) is 3.00. The van der Waals surface area contributed by atoms with Crippen LogP contribution in [-0.2, 0) is 0 Å². The first-order valence-corrected chi connectivity index (χ1v) is 5.88. The van der Waals surface area contributed by atoms with Gasteiger partial charge in [0.15, 0.2) is 0 Å². The lowest BCUT2D eigenvalue weighted by molar-refractivity contribution is 0.736. The van der Waals surface area contributed by atoms with Crippen molar-refractivity contribution in [1.82, 2.24) is 9.97 Å². The number of hydrogen-bond acceptors (Lipinski definition) is 3. The highest BCUT2D eigenvalue weighted by molar-refractivity contribution is 5.36. The van der Waals surface area contributed by atoms with E-state index < -0.39 is 0 Å². The molecule has 0 bridgehead atoms. The maximum absolute atomic E-state index is 11.5. The first kappa shape index (κ1) is 11.2. The van der Waals surface area contributed by atoms with Gasteiger partial charge in [-0.3, -0.25) is 4.79 Å². The number of aromatic nitrogens is 2. The summed E-state index contributed by atoms with van der Waals surface area (Å²) in [5.74, 6) is 2.61. The van der Waals surface area contributed by atoms with Crippen molar-refractivity contribution in [3.8, 4) is 0 Å². The van der Waals surface area contributed by atoms with Crippen LogP contribution < -0.4 is 10.5 Å². The van der Waals surface area contributed by atoms with Crippen molar-refractivity contribution >= 4 is 5.82 Å². The molecule has 88 valence electrons. The van der Waals surface area contributed by atoms with Gasteiger partial charge in [0.2, 0.25) is 0 Å². The molecule has 1 fully saturated rings. The number of aromatic amines is 1. The van der Waals surface area contributed by atoms with Crippen molar-refractivity contribution in [2.24, 2.45) is 5.92 Å². The van der Waals surface area contributed by atoms with Gasteiger partial charge in [0.25, 0.3) is 5.56 Å². The largest absolute Gasteiger partial charge is 0.359 e. The van der Waals surface area contributed by atoms with Gasteiger partial charge >= 0.3 is 0 Å². The zero-order chi connectivity index (χ0) is 11.7. The van der Waals surface area contributed by atoms with Crippen molar-refractivity contribution in [2.45, 2.75) is 32.6 Å². The Morgan fingerprint density at radius 3 is 2.81 bits per heavy atom. The average molecular weight is 221 g/mol. The third-order valence-corrected chi connectivity index (χ3v) is 2.91. The van der Waals surface area contributed by atoms with E-state index in [1.807, 2.05) is 20.9 Å². The maximum Gasteiger partial charge on any atom is 0.252 e. The van der Waals surface area contributed by atoms with E-state index in [0.29, 0.717) is 0 Å². The molecule has 0 spiro atoms. The highest BCUT2D eigenvalue weighted by atomic mass is 16.1. The van der Waals surface area contributed by atoms with Crippen molar-refractivity contribution in [2.75, 3.05) is 18.5 Å². The molecule has 1 aromatic rings. The summed E-state index contributed by atoms with van der Waals surface area (Å²) in [5, 5.41) is 0. The molecule has 0 aromatic carbocycles. The van der Waals surface area contributed by atoms with Crippen LogP contribution in [0.15, 0.2) is 10.9 Å². The Kier molecular flexibility index (Phi) is 2.99. The van der Waals surface area contributed by atoms with Gasteiger partial charge < -0.3 is 9.88 Å². The van der Waals surface area contributed by atoms with Crippen LogP contribution in [0.25, 0.3) is 0 Å². The molecule has 0 radical (unpaired) electrons. The Morgan fingerprint density at radius 2 is 2.25 bits per heavy atom. The lowest BCUT2D eigenvalue weighted by Gasteiger charge is -2.18. The van der Waals surface area contributed by atoms with Crippen LogP contribution >= 0.6 is 0 Å². The molecule has 1 aliphatic carbocycles. The quantitative estimate of drug-likeness (QED) is 0.842. The zero-order valence-electron chi connectivity index (χ0n) is 10.2. The Balaban J connectivity index is 2.21. The molecule has 1 heterocycles. The summed E-state index contributed by atoms with van der Waals surface area (Å²) in [6.45, 7) is 5.07. The highest BCUT2D eigenvalue weighted by Crippen LogP contribution is 2.30. The first-order chi connectivity index (χ1) is 7.56. The smallest absolute Gasteiger partial charge is 0.252 e. The van der Waals surface area contributed by atoms with Gasteiger partial charge in [-0.25, -0.2) is 4.98 Å². The van der Waals surface area contributed by atoms with Crippen molar-refractivity contribution in [3.05, 3.63) is 22.2 Å². The minimum absolute atomic E-state index is 0.0589. The van der Waals surface area contributed by atoms with Crippen LogP contribution in [0.1, 0.15) is 38.4 Å². The van der Waals surface area contributed by atoms with Gasteiger partial charge in [0, 0.05) is 25.6 Å². The van der Waals surface area contributed by atoms with E-state index in [2.05, 4.69) is 14.9 Å². The fraction of sp³-hybridized carbons (Fsp3) is 0.667. The minimum Gasteiger partial charge on any atom is -0.359 e. The second-order valence-corrected chi connectivity index (χ2v) is 4.97. The Labute approximate surface area is 95.7 Å². The Hall–Kier alpha value is -1.32. The lowest BCUT2D eigenvalue weighted by atomic mass is 10.2. The van der Waals surface area contributed by atoms with E-state index in [0.717, 1.165) is 24.1 Å². The zero-order valence-corrected chi connectivity index (χ0v) is 10.2. The summed E-state index contributed by atoms with van der Waals surface area (Å²) in [6, 6.07) is 1.58. The van der Waals surface area contributed by atoms with E-state index in [-0.39, 0.29) is 11.5 Å². The minimum atomic E-state index is -0.0589. The summed E-state index contributed by atoms with van der Waals surface area (Å²) in [6.07, 6.45) is 2.62. The van der Waals surface area contributed by atoms with E-state index in [4.69, 9.17) is 0 Å². The molecular weight excluding hydrogens is 202 g/mol. The summed E-state index contributed by atoms with van der Waals surface area (Å²) < 4.78 is 0. The maximum atomic E-state index is 11.5. The van der Waals surface area contributed by atoms with Crippen LogP contribution in [0.5, 0.6) is 0 Å². The van der Waals surface area contributed by atoms with Crippen molar-refractivity contribution in [3.63, 3.8) is 0 Å². The van der Waals surface area contributed by atoms with Crippen LogP contribution in [0.4, 0.5) is 5.82 Å². The van der Waals surface area contributed by atoms with Gasteiger partial charge in [0.1, 0.15) is 11.6 Å². The molecule has 2 rings (SSSR count). The number of nitrogens with zero attached hydrogens (tertiary/aromatic N) is 2. The normalized spacial score (nSPS) is 15.5. The first-order valence-electron chi connectivity index (χ1n) is 5.88. The number of rotatable bonds is 4. The molecule has 16 heavy (non-hydrogen) atoms. The summed E-state index contributed by atoms with van der Waals surface area (Å²) >= 11 is 0. The number of hydrogen-bond donors (Lipinski definition) is 1. The van der Waals surface area contributed by atoms with E-state index in [1.54, 1.807) is 6.07 Å². The molecule has 1 aliphatic rings. The molecule has 1 N–H and O–H groups in total. The molecule has 4 nitrogen and oxygen atoms in total. The monoisotopic (exact) mass is 221 g/mol. The summed E-state index contributed by atoms with van der Waals surface area (Å²) in [5.41, 5.74) is -0.0589. The van der Waals surface area contributed by atoms with Crippen LogP contribution in [0, 0.1) is 5.92 Å². The fourth-order valence-corrected chi connectivity index (χ4v) is 1.71. The third-order valence-electron chi connectivity index (χ3n) is 2.91. The molecule has 0 aliphatic heterocycles. The molecule has 0 amide bonds. The molecule has 1 saturated carbocycles. The topological polar surface area (TPSA) is 49.0 Å². The number of anilines is 1. The molecule has 4 heteroatoms. The molecule has 0 saturated heterocycles. The fourth-order valence-electron chi connectivity index (χ4n) is 1.71. The highest BCUT2D eigenvalue weighted by Gasteiger charge is 2.23. The van der Waals surface area contributed by atoms with Crippen LogP contribution in [-0.4, -0.2) is 23.6 Å². The second kappa shape index (κ2) is 4.28. The summed E-state index contributed by atoms with van der Waals surface area (Å²) in [7, 11) is 2.00. The van der Waals surface area contributed by atoms with Gasteiger partial charge in [0.05, 0.1) is 0 Å². The van der Waals surface area contributed by atoms with Gasteiger partial charge in [-0.2, -0.15) is 0 Å². The second-order valence-electron chi connectivity index (χ2n) is 4.97. The van der Waals surface area contributed by atoms with Crippen LogP contribution in [0.3, 0.4) is 0 Å². The van der Waals surface area contributed by atoms with Gasteiger partial charge in [-0.1, -0.05) is 13.8 Å².